The van der Waals surface area contributed by atoms with Crippen molar-refractivity contribution >= 4 is 0 Å². The van der Waals surface area contributed by atoms with E-state index in [0.29, 0.717) is 0 Å². The van der Waals surface area contributed by atoms with Crippen LogP contribution in [0.3, 0.4) is 0 Å². The molecule has 3 N–H and O–H groups in total. The lowest BCUT2D eigenvalue weighted by atomic mass is 10.5. The third kappa shape index (κ3) is 22.5. The van der Waals surface area contributed by atoms with E-state index in [1.807, 2.05) is 0 Å². The van der Waals surface area contributed by atoms with Gasteiger partial charge >= 0.3 is 0 Å². The highest BCUT2D eigenvalue weighted by atomic mass is 16.5. The largest absolute Gasteiger partial charge is 0.397 e. The van der Waals surface area contributed by atoms with Gasteiger partial charge in [-0.3, -0.25) is 0 Å². The molecule has 0 aromatic carbocycles. The molecule has 0 spiro atoms. The molecule has 12 heavy (non-hydrogen) atoms. The molecule has 76 valence electrons. The zero-order chi connectivity index (χ0) is 9.66. The van der Waals surface area contributed by atoms with Gasteiger partial charge in [0.05, 0.1) is 13.2 Å². The van der Waals surface area contributed by atoms with Crippen molar-refractivity contribution in [2.45, 2.75) is 13.8 Å². The van der Waals surface area contributed by atoms with Crippen molar-refractivity contribution in [2.24, 2.45) is 0 Å². The van der Waals surface area contributed by atoms with Gasteiger partial charge in [0, 0.05) is 26.3 Å². The van der Waals surface area contributed by atoms with Gasteiger partial charge in [-0.2, -0.15) is 0 Å². The van der Waals surface area contributed by atoms with Crippen LogP contribution in [0.4, 0.5) is 0 Å². The summed E-state index contributed by atoms with van der Waals surface area (Å²) in [5.74, 6) is 0. The smallest absolute Gasteiger partial charge is 0.0591 e. The summed E-state index contributed by atoms with van der Waals surface area (Å²) in [6.45, 7) is 7.69. The minimum Gasteiger partial charge on any atom is -0.397 e. The van der Waals surface area contributed by atoms with Crippen LogP contribution in [-0.2, 0) is 4.74 Å². The first-order chi connectivity index (χ1) is 5.83. The zero-order valence-electron chi connectivity index (χ0n) is 8.05. The molecule has 1 aliphatic rings. The molecule has 4 nitrogen and oxygen atoms in total. The van der Waals surface area contributed by atoms with Gasteiger partial charge in [-0.1, -0.05) is 0 Å². The van der Waals surface area contributed by atoms with Gasteiger partial charge < -0.3 is 20.3 Å². The van der Waals surface area contributed by atoms with Crippen LogP contribution >= 0.6 is 0 Å². The second kappa shape index (κ2) is 17.1. The Morgan fingerprint density at radius 3 is 1.50 bits per heavy atom. The first-order valence-corrected chi connectivity index (χ1v) is 4.33. The fourth-order valence-corrected chi connectivity index (χ4v) is 0.516. The quantitative estimate of drug-likeness (QED) is 0.473. The van der Waals surface area contributed by atoms with Crippen molar-refractivity contribution in [1.29, 1.82) is 0 Å². The van der Waals surface area contributed by atoms with Crippen molar-refractivity contribution in [1.82, 2.24) is 5.32 Å². The fraction of sp³-hybridized carbons (Fsp3) is 1.00. The van der Waals surface area contributed by atoms with Crippen LogP contribution in [-0.4, -0.2) is 49.7 Å². The zero-order valence-corrected chi connectivity index (χ0v) is 8.05. The molecule has 0 saturated carbocycles. The van der Waals surface area contributed by atoms with Crippen molar-refractivity contribution in [2.75, 3.05) is 39.5 Å². The van der Waals surface area contributed by atoms with Crippen LogP contribution in [0, 0.1) is 0 Å². The molecule has 4 heteroatoms. The van der Waals surface area contributed by atoms with E-state index in [9.17, 15) is 0 Å². The number of hydrogen-bond donors (Lipinski definition) is 3. The van der Waals surface area contributed by atoms with E-state index in [1.54, 1.807) is 13.8 Å². The lowest BCUT2D eigenvalue weighted by Gasteiger charge is -2.10. The summed E-state index contributed by atoms with van der Waals surface area (Å²) in [7, 11) is 0. The van der Waals surface area contributed by atoms with E-state index >= 15 is 0 Å². The highest BCUT2D eigenvalue weighted by molar-refractivity contribution is 4.49. The van der Waals surface area contributed by atoms with E-state index in [4.69, 9.17) is 14.9 Å². The topological polar surface area (TPSA) is 61.7 Å². The third-order valence-electron chi connectivity index (χ3n) is 0.846. The summed E-state index contributed by atoms with van der Waals surface area (Å²) < 4.78 is 5.01. The van der Waals surface area contributed by atoms with Crippen molar-refractivity contribution in [3.63, 3.8) is 0 Å². The second-order valence-corrected chi connectivity index (χ2v) is 1.99. The number of rotatable bonds is 0. The molecule has 1 saturated heterocycles. The summed E-state index contributed by atoms with van der Waals surface area (Å²) in [5.41, 5.74) is 0. The van der Waals surface area contributed by atoms with Gasteiger partial charge in [0.1, 0.15) is 0 Å². The minimum atomic E-state index is 0.250. The summed E-state index contributed by atoms with van der Waals surface area (Å²) in [6.07, 6.45) is 0. The van der Waals surface area contributed by atoms with Crippen LogP contribution in [0.1, 0.15) is 13.8 Å². The molecule has 0 aromatic rings. The maximum Gasteiger partial charge on any atom is 0.0591 e. The van der Waals surface area contributed by atoms with Gasteiger partial charge in [0.2, 0.25) is 0 Å². The maximum atomic E-state index is 7.57. The SMILES string of the molecule is C1COCCN1.CCO.CCO. The Morgan fingerprint density at radius 1 is 1.08 bits per heavy atom. The molecule has 1 aliphatic heterocycles. The number of aliphatic hydroxyl groups is 2. The highest BCUT2D eigenvalue weighted by Crippen LogP contribution is 1.76. The second-order valence-electron chi connectivity index (χ2n) is 1.99. The molecule has 0 aromatic heterocycles. The number of ether oxygens (including phenoxy) is 1. The summed E-state index contributed by atoms with van der Waals surface area (Å²) in [6, 6.07) is 0. The monoisotopic (exact) mass is 179 g/mol. The molecule has 0 aliphatic carbocycles. The van der Waals surface area contributed by atoms with Crippen molar-refractivity contribution < 1.29 is 14.9 Å². The Morgan fingerprint density at radius 2 is 1.42 bits per heavy atom. The maximum absolute atomic E-state index is 7.57. The Hall–Kier alpha value is -0.160. The van der Waals surface area contributed by atoms with Crippen molar-refractivity contribution in [3.05, 3.63) is 0 Å². The molecule has 0 bridgehead atoms. The van der Waals surface area contributed by atoms with E-state index in [-0.39, 0.29) is 13.2 Å². The highest BCUT2D eigenvalue weighted by Gasteiger charge is 1.92. The first kappa shape index (κ1) is 14.4. The van der Waals surface area contributed by atoms with Gasteiger partial charge in [-0.05, 0) is 13.8 Å². The Balaban J connectivity index is 0. The predicted molar refractivity (Wildman–Crippen MR) is 49.2 cm³/mol. The van der Waals surface area contributed by atoms with E-state index in [2.05, 4.69) is 5.32 Å². The van der Waals surface area contributed by atoms with Crippen LogP contribution in [0.5, 0.6) is 0 Å². The van der Waals surface area contributed by atoms with E-state index < -0.39 is 0 Å². The van der Waals surface area contributed by atoms with Crippen LogP contribution in [0.25, 0.3) is 0 Å². The van der Waals surface area contributed by atoms with E-state index in [1.165, 1.54) is 0 Å². The molecular formula is C8H21NO3. The molecule has 0 atom stereocenters. The number of morpholine rings is 1. The average molecular weight is 179 g/mol. The summed E-state index contributed by atoms with van der Waals surface area (Å²) >= 11 is 0. The molecule has 1 fully saturated rings. The minimum absolute atomic E-state index is 0.250. The summed E-state index contributed by atoms with van der Waals surface area (Å²) in [4.78, 5) is 0. The Labute approximate surface area is 74.6 Å². The van der Waals surface area contributed by atoms with Crippen LogP contribution in [0.2, 0.25) is 0 Å². The molecular weight excluding hydrogens is 158 g/mol. The Kier molecular flexibility index (Phi) is 20.4. The lowest BCUT2D eigenvalue weighted by Crippen LogP contribution is -2.30. The molecule has 0 amide bonds. The fourth-order valence-electron chi connectivity index (χ4n) is 0.516. The molecule has 1 heterocycles. The van der Waals surface area contributed by atoms with Gasteiger partial charge in [0.25, 0.3) is 0 Å². The predicted octanol–water partition coefficient (Wildman–Crippen LogP) is -0.397. The van der Waals surface area contributed by atoms with Gasteiger partial charge in [-0.25, -0.2) is 0 Å². The summed E-state index contributed by atoms with van der Waals surface area (Å²) in [5, 5.41) is 18.3. The molecule has 0 unspecified atom stereocenters. The standard InChI is InChI=1S/C4H9NO.2C2H6O/c1-3-6-4-2-5-1;2*1-2-3/h5H,1-4H2;2*3H,2H2,1H3. The van der Waals surface area contributed by atoms with E-state index in [0.717, 1.165) is 26.3 Å². The molecule has 0 radical (unpaired) electrons. The number of nitrogens with one attached hydrogen (secondary N) is 1. The third-order valence-corrected chi connectivity index (χ3v) is 0.846. The molecule has 1 rings (SSSR count). The Bertz CT molecular complexity index is 44.8. The number of hydrogen-bond acceptors (Lipinski definition) is 4. The lowest BCUT2D eigenvalue weighted by molar-refractivity contribution is 0.109. The van der Waals surface area contributed by atoms with Gasteiger partial charge in [0.15, 0.2) is 0 Å². The van der Waals surface area contributed by atoms with Crippen molar-refractivity contribution in [3.8, 4) is 0 Å². The average Bonchev–Trinajstić information content (AvgIpc) is 2.10. The van der Waals surface area contributed by atoms with Crippen LogP contribution < -0.4 is 5.32 Å². The van der Waals surface area contributed by atoms with Gasteiger partial charge in [-0.15, -0.1) is 0 Å². The van der Waals surface area contributed by atoms with Crippen LogP contribution in [0.15, 0.2) is 0 Å². The number of aliphatic hydroxyl groups excluding tert-OH is 2. The normalized spacial score (nSPS) is 15.0. The first-order valence-electron chi connectivity index (χ1n) is 4.33.